The molecule has 3 aliphatic rings. The predicted octanol–water partition coefficient (Wildman–Crippen LogP) is 3.58. The smallest absolute Gasteiger partial charge is 0.407 e. The lowest BCUT2D eigenvalue weighted by Crippen LogP contribution is -2.49. The first-order chi connectivity index (χ1) is 14.3. The number of alkyl carbamates (subject to hydrolysis) is 1. The van der Waals surface area contributed by atoms with Gasteiger partial charge in [0.25, 0.3) is 0 Å². The van der Waals surface area contributed by atoms with Crippen molar-refractivity contribution >= 4 is 38.8 Å². The molecule has 160 valence electrons. The first-order valence-corrected chi connectivity index (χ1v) is 11.2. The molecule has 2 aliphatic heterocycles. The van der Waals surface area contributed by atoms with E-state index in [-0.39, 0.29) is 24.2 Å². The van der Waals surface area contributed by atoms with Crippen molar-refractivity contribution in [1.82, 2.24) is 15.6 Å². The maximum atomic E-state index is 12.8. The number of aromatic nitrogens is 1. The number of rotatable bonds is 2. The Hall–Kier alpha value is -2.55. The lowest BCUT2D eigenvalue weighted by atomic mass is 9.87. The van der Waals surface area contributed by atoms with Crippen LogP contribution < -0.4 is 20.3 Å². The molecule has 1 aliphatic carbocycles. The summed E-state index contributed by atoms with van der Waals surface area (Å²) in [4.78, 5) is 31.6. The number of nitrogens with zero attached hydrogens (tertiary/aromatic N) is 2. The Labute approximate surface area is 178 Å². The summed E-state index contributed by atoms with van der Waals surface area (Å²) in [6.07, 6.45) is 2.71. The Morgan fingerprint density at radius 1 is 1.37 bits per heavy atom. The summed E-state index contributed by atoms with van der Waals surface area (Å²) in [5.41, 5.74) is 1.55. The van der Waals surface area contributed by atoms with E-state index in [2.05, 4.69) is 10.6 Å². The van der Waals surface area contributed by atoms with Gasteiger partial charge in [0.15, 0.2) is 5.13 Å². The standard InChI is InChI=1S/C21H26N4O4S/c1-21(2,3)29-20(27)22-11-4-5-14-13(10-11)23-18(26)25(14)19-24-17-12-8-9-28-15(12)6-7-16(17)30-19/h6-7,11,13-14H,4-5,8-10H2,1-3H3,(H,22,27)(H,23,26)/t11-,13-,14+/m0/s1. The SMILES string of the molecule is CC(C)(C)OC(=O)N[C@H]1CC[C@@H]2[C@H](C1)NC(=O)N2c1nc2c3c(ccc2s1)OCC3. The van der Waals surface area contributed by atoms with Crippen molar-refractivity contribution in [1.29, 1.82) is 0 Å². The number of nitrogens with one attached hydrogen (secondary N) is 2. The van der Waals surface area contributed by atoms with Crippen molar-refractivity contribution in [2.75, 3.05) is 11.5 Å². The van der Waals surface area contributed by atoms with Crippen LogP contribution in [0.2, 0.25) is 0 Å². The molecule has 9 heteroatoms. The maximum Gasteiger partial charge on any atom is 0.407 e. The molecule has 30 heavy (non-hydrogen) atoms. The number of thiazole rings is 1. The second-order valence-electron chi connectivity index (χ2n) is 9.13. The fourth-order valence-electron chi connectivity index (χ4n) is 4.59. The number of urea groups is 1. The molecule has 3 amide bonds. The second-order valence-corrected chi connectivity index (χ2v) is 10.1. The number of hydrogen-bond acceptors (Lipinski definition) is 6. The van der Waals surface area contributed by atoms with E-state index >= 15 is 0 Å². The van der Waals surface area contributed by atoms with Gasteiger partial charge in [0, 0.05) is 18.0 Å². The van der Waals surface area contributed by atoms with Gasteiger partial charge in [0.1, 0.15) is 11.4 Å². The Morgan fingerprint density at radius 3 is 3.00 bits per heavy atom. The first kappa shape index (κ1) is 19.4. The molecule has 2 N–H and O–H groups in total. The molecule has 3 atom stereocenters. The van der Waals surface area contributed by atoms with Crippen molar-refractivity contribution in [3.8, 4) is 5.75 Å². The number of fused-ring (bicyclic) bond motifs is 4. The Kier molecular flexibility index (Phi) is 4.53. The molecule has 0 bridgehead atoms. The first-order valence-electron chi connectivity index (χ1n) is 10.4. The molecule has 5 rings (SSSR count). The molecular weight excluding hydrogens is 404 g/mol. The number of carbonyl (C=O) groups excluding carboxylic acids is 2. The van der Waals surface area contributed by atoms with Gasteiger partial charge in [-0.1, -0.05) is 11.3 Å². The third kappa shape index (κ3) is 3.45. The van der Waals surface area contributed by atoms with Gasteiger partial charge in [-0.25, -0.2) is 14.6 Å². The molecular formula is C21H26N4O4S. The van der Waals surface area contributed by atoms with Gasteiger partial charge < -0.3 is 20.1 Å². The molecule has 0 unspecified atom stereocenters. The van der Waals surface area contributed by atoms with Crippen LogP contribution in [0.3, 0.4) is 0 Å². The summed E-state index contributed by atoms with van der Waals surface area (Å²) >= 11 is 1.55. The molecule has 0 radical (unpaired) electrons. The highest BCUT2D eigenvalue weighted by molar-refractivity contribution is 7.22. The minimum Gasteiger partial charge on any atom is -0.493 e. The fraction of sp³-hybridized carbons (Fsp3) is 0.571. The van der Waals surface area contributed by atoms with Crippen LogP contribution in [0.4, 0.5) is 14.7 Å². The summed E-state index contributed by atoms with van der Waals surface area (Å²) in [7, 11) is 0. The monoisotopic (exact) mass is 430 g/mol. The van der Waals surface area contributed by atoms with Crippen molar-refractivity contribution in [3.05, 3.63) is 17.7 Å². The predicted molar refractivity (Wildman–Crippen MR) is 114 cm³/mol. The Balaban J connectivity index is 1.32. The van der Waals surface area contributed by atoms with Crippen molar-refractivity contribution < 1.29 is 19.1 Å². The third-order valence-corrected chi connectivity index (χ3v) is 6.84. The molecule has 1 aromatic carbocycles. The van der Waals surface area contributed by atoms with Crippen LogP contribution >= 0.6 is 11.3 Å². The van der Waals surface area contributed by atoms with E-state index in [0.717, 1.165) is 45.9 Å². The lowest BCUT2D eigenvalue weighted by molar-refractivity contribution is 0.0489. The zero-order chi connectivity index (χ0) is 21.0. The van der Waals surface area contributed by atoms with E-state index in [1.165, 1.54) is 0 Å². The van der Waals surface area contributed by atoms with Gasteiger partial charge in [0.05, 0.1) is 28.9 Å². The van der Waals surface area contributed by atoms with E-state index in [1.54, 1.807) is 16.2 Å². The van der Waals surface area contributed by atoms with Crippen molar-refractivity contribution in [2.45, 2.75) is 70.2 Å². The van der Waals surface area contributed by atoms with Crippen LogP contribution in [0.5, 0.6) is 5.75 Å². The zero-order valence-electron chi connectivity index (χ0n) is 17.4. The summed E-state index contributed by atoms with van der Waals surface area (Å²) < 4.78 is 12.1. The van der Waals surface area contributed by atoms with E-state index in [4.69, 9.17) is 14.5 Å². The molecule has 0 spiro atoms. The molecule has 8 nitrogen and oxygen atoms in total. The average Bonchev–Trinajstić information content (AvgIpc) is 3.33. The second kappa shape index (κ2) is 7.01. The van der Waals surface area contributed by atoms with Gasteiger partial charge in [-0.05, 0) is 52.2 Å². The maximum absolute atomic E-state index is 12.8. The molecule has 1 saturated heterocycles. The van der Waals surface area contributed by atoms with E-state index in [0.29, 0.717) is 13.0 Å². The molecule has 2 fully saturated rings. The Morgan fingerprint density at radius 2 is 2.20 bits per heavy atom. The highest BCUT2D eigenvalue weighted by Crippen LogP contribution is 2.40. The van der Waals surface area contributed by atoms with Gasteiger partial charge in [0.2, 0.25) is 0 Å². The molecule has 1 aromatic heterocycles. The minimum atomic E-state index is -0.530. The molecule has 2 aromatic rings. The van der Waals surface area contributed by atoms with Crippen molar-refractivity contribution in [2.24, 2.45) is 0 Å². The van der Waals surface area contributed by atoms with Gasteiger partial charge in [-0.3, -0.25) is 4.90 Å². The highest BCUT2D eigenvalue weighted by Gasteiger charge is 2.45. The average molecular weight is 431 g/mol. The summed E-state index contributed by atoms with van der Waals surface area (Å²) in [5, 5.41) is 6.77. The van der Waals surface area contributed by atoms with Crippen LogP contribution in [0.15, 0.2) is 12.1 Å². The normalized spacial score (nSPS) is 25.5. The Bertz CT molecular complexity index is 1010. The highest BCUT2D eigenvalue weighted by atomic mass is 32.1. The van der Waals surface area contributed by atoms with Gasteiger partial charge >= 0.3 is 12.1 Å². The zero-order valence-corrected chi connectivity index (χ0v) is 18.2. The number of benzene rings is 1. The van der Waals surface area contributed by atoms with Gasteiger partial charge in [-0.2, -0.15) is 0 Å². The number of hydrogen-bond donors (Lipinski definition) is 2. The lowest BCUT2D eigenvalue weighted by Gasteiger charge is -2.34. The van der Waals surface area contributed by atoms with Crippen LogP contribution in [-0.4, -0.2) is 47.4 Å². The van der Waals surface area contributed by atoms with Crippen molar-refractivity contribution in [3.63, 3.8) is 0 Å². The number of anilines is 1. The van der Waals surface area contributed by atoms with E-state index < -0.39 is 11.7 Å². The van der Waals surface area contributed by atoms with Crippen LogP contribution in [0.25, 0.3) is 10.2 Å². The van der Waals surface area contributed by atoms with Crippen LogP contribution in [0.1, 0.15) is 45.6 Å². The summed E-state index contributed by atoms with van der Waals surface area (Å²) in [6.45, 7) is 6.22. The quantitative estimate of drug-likeness (QED) is 0.760. The minimum absolute atomic E-state index is 0.0165. The van der Waals surface area contributed by atoms with E-state index in [9.17, 15) is 9.59 Å². The summed E-state index contributed by atoms with van der Waals surface area (Å²) in [6, 6.07) is 3.90. The molecule has 3 heterocycles. The largest absolute Gasteiger partial charge is 0.493 e. The number of ether oxygens (including phenoxy) is 2. The van der Waals surface area contributed by atoms with Crippen LogP contribution in [0, 0.1) is 0 Å². The fourth-order valence-corrected chi connectivity index (χ4v) is 5.64. The summed E-state index contributed by atoms with van der Waals surface area (Å²) in [5.74, 6) is 0.900. The van der Waals surface area contributed by atoms with Gasteiger partial charge in [-0.15, -0.1) is 0 Å². The number of carbonyl (C=O) groups is 2. The van der Waals surface area contributed by atoms with Crippen LogP contribution in [-0.2, 0) is 11.2 Å². The molecule has 1 saturated carbocycles. The topological polar surface area (TPSA) is 92.8 Å². The number of amides is 3. The van der Waals surface area contributed by atoms with E-state index in [1.807, 2.05) is 32.9 Å². The third-order valence-electron chi connectivity index (χ3n) is 5.82.